The largest absolute Gasteiger partial charge is 0.425 e. The van der Waals surface area contributed by atoms with Gasteiger partial charge >= 0.3 is 5.97 Å². The molecule has 1 aromatic carbocycles. The van der Waals surface area contributed by atoms with Gasteiger partial charge in [-0.2, -0.15) is 0 Å². The van der Waals surface area contributed by atoms with Crippen LogP contribution in [0.3, 0.4) is 0 Å². The second-order valence-corrected chi connectivity index (χ2v) is 5.05. The van der Waals surface area contributed by atoms with Crippen molar-refractivity contribution >= 4 is 5.97 Å². The first-order valence-electron chi connectivity index (χ1n) is 6.94. The number of ether oxygens (including phenoxy) is 1. The Balaban J connectivity index is 2.88. The highest BCUT2D eigenvalue weighted by Crippen LogP contribution is 2.25. The van der Waals surface area contributed by atoms with Gasteiger partial charge in [-0.25, -0.2) is 4.79 Å². The number of nitrogens with zero attached hydrogens (tertiary/aromatic N) is 1. The third-order valence-corrected chi connectivity index (χ3v) is 3.51. The average Bonchev–Trinajstić information content (AvgIpc) is 2.34. The zero-order valence-corrected chi connectivity index (χ0v) is 12.9. The fourth-order valence-corrected chi connectivity index (χ4v) is 2.43. The van der Waals surface area contributed by atoms with Gasteiger partial charge in [-0.15, -0.1) is 0 Å². The number of carbonyl (C=O) groups is 1. The Morgan fingerprint density at radius 2 is 1.63 bits per heavy atom. The van der Waals surface area contributed by atoms with Crippen LogP contribution in [0.15, 0.2) is 12.1 Å². The summed E-state index contributed by atoms with van der Waals surface area (Å²) in [4.78, 5) is 14.3. The van der Waals surface area contributed by atoms with Gasteiger partial charge in [0.05, 0.1) is 0 Å². The first-order chi connectivity index (χ1) is 8.90. The molecule has 0 fully saturated rings. The second-order valence-electron chi connectivity index (χ2n) is 5.05. The van der Waals surface area contributed by atoms with Crippen molar-refractivity contribution in [1.29, 1.82) is 0 Å². The number of hydrogen-bond donors (Lipinski definition) is 0. The molecule has 3 nitrogen and oxygen atoms in total. The Hall–Kier alpha value is -1.35. The molecular weight excluding hydrogens is 238 g/mol. The summed E-state index contributed by atoms with van der Waals surface area (Å²) in [6, 6.07) is 3.87. The minimum Gasteiger partial charge on any atom is -0.425 e. The van der Waals surface area contributed by atoms with Gasteiger partial charge in [0.1, 0.15) is 11.8 Å². The molecule has 0 amide bonds. The van der Waals surface area contributed by atoms with Crippen molar-refractivity contribution in [3.05, 3.63) is 28.8 Å². The van der Waals surface area contributed by atoms with Crippen LogP contribution in [0.1, 0.15) is 37.5 Å². The number of carbonyl (C=O) groups excluding carboxylic acids is 1. The zero-order valence-electron chi connectivity index (χ0n) is 12.9. The van der Waals surface area contributed by atoms with Crippen molar-refractivity contribution in [3.63, 3.8) is 0 Å². The Labute approximate surface area is 116 Å². The van der Waals surface area contributed by atoms with E-state index < -0.39 is 0 Å². The molecule has 3 heteroatoms. The molecule has 0 spiro atoms. The van der Waals surface area contributed by atoms with Crippen LogP contribution in [0.4, 0.5) is 0 Å². The summed E-state index contributed by atoms with van der Waals surface area (Å²) >= 11 is 0. The molecule has 1 atom stereocenters. The molecule has 106 valence electrons. The van der Waals surface area contributed by atoms with Crippen molar-refractivity contribution in [1.82, 2.24) is 4.90 Å². The maximum Gasteiger partial charge on any atom is 0.328 e. The molecule has 0 aliphatic rings. The van der Waals surface area contributed by atoms with E-state index in [-0.39, 0.29) is 12.0 Å². The van der Waals surface area contributed by atoms with Crippen molar-refractivity contribution in [3.8, 4) is 5.75 Å². The minimum atomic E-state index is -0.213. The van der Waals surface area contributed by atoms with Crippen LogP contribution in [0.25, 0.3) is 0 Å². The Morgan fingerprint density at radius 1 is 1.16 bits per heavy atom. The molecular formula is C16H25NO2. The van der Waals surface area contributed by atoms with Gasteiger partial charge in [-0.05, 0) is 51.9 Å². The molecule has 0 heterocycles. The van der Waals surface area contributed by atoms with E-state index in [1.165, 1.54) is 5.56 Å². The lowest BCUT2D eigenvalue weighted by atomic mass is 10.1. The molecule has 19 heavy (non-hydrogen) atoms. The van der Waals surface area contributed by atoms with E-state index in [2.05, 4.69) is 18.7 Å². The van der Waals surface area contributed by atoms with Gasteiger partial charge in [0.25, 0.3) is 0 Å². The van der Waals surface area contributed by atoms with Crippen LogP contribution in [-0.4, -0.2) is 30.0 Å². The van der Waals surface area contributed by atoms with Gasteiger partial charge in [-0.1, -0.05) is 31.5 Å². The van der Waals surface area contributed by atoms with Crippen LogP contribution in [0.5, 0.6) is 5.75 Å². The standard InChI is InChI=1S/C16H25NO2/c1-7-17(8-2)14(6)16(18)19-15-12(4)9-11(3)10-13(15)5/h9-10,14H,7-8H2,1-6H3. The van der Waals surface area contributed by atoms with Crippen LogP contribution in [-0.2, 0) is 4.79 Å². The number of aryl methyl sites for hydroxylation is 3. The van der Waals surface area contributed by atoms with E-state index in [9.17, 15) is 4.79 Å². The maximum absolute atomic E-state index is 12.2. The molecule has 0 bridgehead atoms. The fourth-order valence-electron chi connectivity index (χ4n) is 2.43. The summed E-state index contributed by atoms with van der Waals surface area (Å²) in [5.41, 5.74) is 3.21. The highest BCUT2D eigenvalue weighted by molar-refractivity contribution is 5.78. The number of rotatable bonds is 5. The summed E-state index contributed by atoms with van der Waals surface area (Å²) in [5, 5.41) is 0. The molecule has 1 rings (SSSR count). The SMILES string of the molecule is CCN(CC)C(C)C(=O)Oc1c(C)cc(C)cc1C. The molecule has 0 aromatic heterocycles. The van der Waals surface area contributed by atoms with E-state index in [1.54, 1.807) is 0 Å². The lowest BCUT2D eigenvalue weighted by molar-refractivity contribution is -0.139. The van der Waals surface area contributed by atoms with Crippen LogP contribution >= 0.6 is 0 Å². The second kappa shape index (κ2) is 6.71. The monoisotopic (exact) mass is 263 g/mol. The Morgan fingerprint density at radius 3 is 2.05 bits per heavy atom. The molecule has 0 N–H and O–H groups in total. The third kappa shape index (κ3) is 3.80. The lowest BCUT2D eigenvalue weighted by Crippen LogP contribution is -2.41. The van der Waals surface area contributed by atoms with Crippen LogP contribution in [0, 0.1) is 20.8 Å². The Bertz CT molecular complexity index is 427. The summed E-state index contributed by atoms with van der Waals surface area (Å²) in [6.45, 7) is 13.7. The number of esters is 1. The predicted molar refractivity (Wildman–Crippen MR) is 78.7 cm³/mol. The van der Waals surface area contributed by atoms with Crippen LogP contribution in [0.2, 0.25) is 0 Å². The topological polar surface area (TPSA) is 29.5 Å². The first kappa shape index (κ1) is 15.7. The average molecular weight is 263 g/mol. The molecule has 0 saturated carbocycles. The predicted octanol–water partition coefficient (Wildman–Crippen LogP) is 3.25. The maximum atomic E-state index is 12.2. The zero-order chi connectivity index (χ0) is 14.6. The molecule has 1 aromatic rings. The van der Waals surface area contributed by atoms with E-state index in [0.29, 0.717) is 5.75 Å². The first-order valence-corrected chi connectivity index (χ1v) is 6.94. The number of likely N-dealkylation sites (N-methyl/N-ethyl adjacent to an activating group) is 1. The van der Waals surface area contributed by atoms with Gasteiger partial charge in [0.15, 0.2) is 0 Å². The van der Waals surface area contributed by atoms with Gasteiger partial charge < -0.3 is 4.74 Å². The quantitative estimate of drug-likeness (QED) is 0.603. The van der Waals surface area contributed by atoms with Crippen molar-refractivity contribution in [2.75, 3.05) is 13.1 Å². The number of hydrogen-bond acceptors (Lipinski definition) is 3. The smallest absolute Gasteiger partial charge is 0.328 e. The highest BCUT2D eigenvalue weighted by atomic mass is 16.5. The van der Waals surface area contributed by atoms with Crippen molar-refractivity contribution in [2.45, 2.75) is 47.6 Å². The van der Waals surface area contributed by atoms with E-state index in [4.69, 9.17) is 4.74 Å². The minimum absolute atomic E-state index is 0.182. The molecule has 0 aliphatic carbocycles. The Kier molecular flexibility index (Phi) is 5.55. The highest BCUT2D eigenvalue weighted by Gasteiger charge is 2.22. The fraction of sp³-hybridized carbons (Fsp3) is 0.562. The lowest BCUT2D eigenvalue weighted by Gasteiger charge is -2.25. The van der Waals surface area contributed by atoms with Crippen molar-refractivity contribution < 1.29 is 9.53 Å². The molecule has 0 saturated heterocycles. The molecule has 0 aliphatic heterocycles. The molecule has 0 radical (unpaired) electrons. The normalized spacial score (nSPS) is 12.6. The van der Waals surface area contributed by atoms with Crippen molar-refractivity contribution in [2.24, 2.45) is 0 Å². The van der Waals surface area contributed by atoms with Gasteiger partial charge in [0.2, 0.25) is 0 Å². The van der Waals surface area contributed by atoms with E-state index in [0.717, 1.165) is 24.2 Å². The van der Waals surface area contributed by atoms with Crippen LogP contribution < -0.4 is 4.74 Å². The number of benzene rings is 1. The molecule has 1 unspecified atom stereocenters. The summed E-state index contributed by atoms with van der Waals surface area (Å²) < 4.78 is 5.60. The van der Waals surface area contributed by atoms with Gasteiger partial charge in [0, 0.05) is 0 Å². The van der Waals surface area contributed by atoms with E-state index in [1.807, 2.05) is 39.8 Å². The summed E-state index contributed by atoms with van der Waals surface area (Å²) in [5.74, 6) is 0.522. The van der Waals surface area contributed by atoms with Gasteiger partial charge in [-0.3, -0.25) is 4.90 Å². The summed E-state index contributed by atoms with van der Waals surface area (Å²) in [6.07, 6.45) is 0. The summed E-state index contributed by atoms with van der Waals surface area (Å²) in [7, 11) is 0. The third-order valence-electron chi connectivity index (χ3n) is 3.51. The van der Waals surface area contributed by atoms with E-state index >= 15 is 0 Å².